The molecule has 0 saturated carbocycles. The zero-order chi connectivity index (χ0) is 16.4. The van der Waals surface area contributed by atoms with Gasteiger partial charge in [0, 0.05) is 23.6 Å². The lowest BCUT2D eigenvalue weighted by Gasteiger charge is -2.28. The molecule has 0 bridgehead atoms. The molecule has 3 heterocycles. The van der Waals surface area contributed by atoms with Crippen LogP contribution in [0, 0.1) is 0 Å². The van der Waals surface area contributed by atoms with Gasteiger partial charge in [0.1, 0.15) is 13.2 Å². The summed E-state index contributed by atoms with van der Waals surface area (Å²) in [6.45, 7) is 1.88. The van der Waals surface area contributed by atoms with Crippen LogP contribution in [0.4, 0.5) is 0 Å². The molecule has 0 N–H and O–H groups in total. The fraction of sp³-hybridized carbons (Fsp3) is 0.333. The van der Waals surface area contributed by atoms with E-state index in [1.807, 2.05) is 28.5 Å². The summed E-state index contributed by atoms with van der Waals surface area (Å²) in [6.07, 6.45) is 5.32. The van der Waals surface area contributed by atoms with E-state index in [0.717, 1.165) is 42.1 Å². The number of hydrogen-bond donors (Lipinski definition) is 0. The lowest BCUT2D eigenvalue weighted by atomic mass is 10.0. The highest BCUT2D eigenvalue weighted by Crippen LogP contribution is 2.42. The van der Waals surface area contributed by atoms with Crippen LogP contribution in [0.3, 0.4) is 0 Å². The first-order chi connectivity index (χ1) is 11.8. The van der Waals surface area contributed by atoms with Gasteiger partial charge in [-0.2, -0.15) is 0 Å². The number of carbonyl (C=O) groups is 1. The second-order valence-electron chi connectivity index (χ2n) is 5.81. The van der Waals surface area contributed by atoms with Crippen molar-refractivity contribution < 1.29 is 14.3 Å². The molecule has 0 aliphatic carbocycles. The molecule has 0 spiro atoms. The minimum Gasteiger partial charge on any atom is -0.486 e. The number of aromatic nitrogens is 1. The highest BCUT2D eigenvalue weighted by atomic mass is 32.1. The number of hydrogen-bond acceptors (Lipinski definition) is 5. The summed E-state index contributed by atoms with van der Waals surface area (Å²) in [6, 6.07) is 5.96. The lowest BCUT2D eigenvalue weighted by Crippen LogP contribution is -2.29. The molecule has 5 nitrogen and oxygen atoms in total. The van der Waals surface area contributed by atoms with Gasteiger partial charge in [-0.1, -0.05) is 12.1 Å². The van der Waals surface area contributed by atoms with Gasteiger partial charge in [-0.3, -0.25) is 4.79 Å². The molecular formula is C18H18N2O3S. The Hall–Kier alpha value is -2.34. The zero-order valence-corrected chi connectivity index (χ0v) is 14.0. The number of nitrogens with zero attached hydrogens (tertiary/aromatic N) is 2. The van der Waals surface area contributed by atoms with E-state index >= 15 is 0 Å². The predicted octanol–water partition coefficient (Wildman–Crippen LogP) is 3.29. The first-order valence-electron chi connectivity index (χ1n) is 8.08. The maximum atomic E-state index is 12.6. The van der Waals surface area contributed by atoms with Crippen molar-refractivity contribution >= 4 is 23.3 Å². The normalized spacial score (nSPS) is 19.8. The molecule has 0 radical (unpaired) electrons. The van der Waals surface area contributed by atoms with Crippen LogP contribution in [-0.4, -0.2) is 35.5 Å². The van der Waals surface area contributed by atoms with Crippen molar-refractivity contribution in [2.24, 2.45) is 0 Å². The summed E-state index contributed by atoms with van der Waals surface area (Å²) in [5.41, 5.74) is 3.62. The molecule has 2 aliphatic heterocycles. The van der Waals surface area contributed by atoms with E-state index in [1.165, 1.54) is 11.3 Å². The molecule has 2 aliphatic rings. The van der Waals surface area contributed by atoms with E-state index in [9.17, 15) is 4.79 Å². The van der Waals surface area contributed by atoms with Gasteiger partial charge in [0.15, 0.2) is 11.5 Å². The maximum absolute atomic E-state index is 12.6. The number of benzene rings is 1. The average Bonchev–Trinajstić information content (AvgIpc) is 3.31. The minimum absolute atomic E-state index is 0.0137. The monoisotopic (exact) mass is 342 g/mol. The maximum Gasteiger partial charge on any atom is 0.247 e. The number of carbonyl (C=O) groups excluding carboxylic acids is 1. The predicted molar refractivity (Wildman–Crippen MR) is 92.3 cm³/mol. The van der Waals surface area contributed by atoms with E-state index in [4.69, 9.17) is 9.47 Å². The minimum atomic E-state index is 0.0137. The van der Waals surface area contributed by atoms with E-state index in [0.29, 0.717) is 13.2 Å². The number of para-hydroxylation sites is 1. The third-order valence-corrected chi connectivity index (χ3v) is 4.94. The van der Waals surface area contributed by atoms with Gasteiger partial charge in [-0.25, -0.2) is 4.98 Å². The number of thiazole rings is 1. The summed E-state index contributed by atoms with van der Waals surface area (Å²) < 4.78 is 11.5. The molecule has 1 amide bonds. The van der Waals surface area contributed by atoms with Gasteiger partial charge in [0.25, 0.3) is 0 Å². The molecule has 124 valence electrons. The van der Waals surface area contributed by atoms with E-state index < -0.39 is 0 Å². The van der Waals surface area contributed by atoms with Crippen LogP contribution in [0.2, 0.25) is 0 Å². The van der Waals surface area contributed by atoms with Crippen molar-refractivity contribution in [3.8, 4) is 11.5 Å². The van der Waals surface area contributed by atoms with Crippen molar-refractivity contribution in [2.45, 2.75) is 18.9 Å². The quantitative estimate of drug-likeness (QED) is 0.803. The van der Waals surface area contributed by atoms with Crippen molar-refractivity contribution in [1.29, 1.82) is 0 Å². The van der Waals surface area contributed by atoms with E-state index in [-0.39, 0.29) is 11.9 Å². The number of likely N-dealkylation sites (tertiary alicyclic amines) is 1. The Balaban J connectivity index is 1.58. The zero-order valence-electron chi connectivity index (χ0n) is 13.2. The van der Waals surface area contributed by atoms with Gasteiger partial charge < -0.3 is 14.4 Å². The average molecular weight is 342 g/mol. The van der Waals surface area contributed by atoms with Crippen molar-refractivity contribution in [3.63, 3.8) is 0 Å². The molecule has 24 heavy (non-hydrogen) atoms. The van der Waals surface area contributed by atoms with E-state index in [1.54, 1.807) is 17.7 Å². The standard InChI is InChI=1S/C18H18N2O3S/c21-17(7-6-13-11-24-12-19-13)20-8-2-4-15(20)14-3-1-5-16-18(14)23-10-9-22-16/h1,3,5-7,11-12,15H,2,4,8-10H2/b7-6-/t15-/m1/s1. The third kappa shape index (κ3) is 2.89. The summed E-state index contributed by atoms with van der Waals surface area (Å²) in [5, 5.41) is 1.92. The summed E-state index contributed by atoms with van der Waals surface area (Å²) in [7, 11) is 0. The summed E-state index contributed by atoms with van der Waals surface area (Å²) >= 11 is 1.52. The van der Waals surface area contributed by atoms with Crippen molar-refractivity contribution in [3.05, 3.63) is 46.4 Å². The van der Waals surface area contributed by atoms with Crippen LogP contribution >= 0.6 is 11.3 Å². The van der Waals surface area contributed by atoms with Crippen LogP contribution in [0.15, 0.2) is 35.2 Å². The van der Waals surface area contributed by atoms with Crippen molar-refractivity contribution in [2.75, 3.05) is 19.8 Å². The SMILES string of the molecule is O=C(/C=C\c1cscn1)N1CCC[C@@H]1c1cccc2c1OCCO2. The molecule has 2 aromatic rings. The molecule has 0 unspecified atom stereocenters. The first-order valence-corrected chi connectivity index (χ1v) is 9.02. The largest absolute Gasteiger partial charge is 0.486 e. The van der Waals surface area contributed by atoms with Gasteiger partial charge in [-0.05, 0) is 25.0 Å². The van der Waals surface area contributed by atoms with Crippen LogP contribution in [-0.2, 0) is 4.79 Å². The fourth-order valence-corrected chi connectivity index (χ4v) is 3.79. The second-order valence-corrected chi connectivity index (χ2v) is 6.53. The van der Waals surface area contributed by atoms with Gasteiger partial charge in [-0.15, -0.1) is 11.3 Å². The smallest absolute Gasteiger partial charge is 0.247 e. The molecule has 1 fully saturated rings. The Morgan fingerprint density at radius 1 is 1.33 bits per heavy atom. The molecule has 1 aromatic heterocycles. The number of fused-ring (bicyclic) bond motifs is 1. The second kappa shape index (κ2) is 6.65. The van der Waals surface area contributed by atoms with Gasteiger partial charge in [0.05, 0.1) is 17.2 Å². The fourth-order valence-electron chi connectivity index (χ4n) is 3.27. The molecule has 1 aromatic carbocycles. The van der Waals surface area contributed by atoms with Gasteiger partial charge in [0.2, 0.25) is 5.91 Å². The lowest BCUT2D eigenvalue weighted by molar-refractivity contribution is -0.126. The molecule has 1 saturated heterocycles. The number of amides is 1. The van der Waals surface area contributed by atoms with E-state index in [2.05, 4.69) is 4.98 Å². The molecule has 4 rings (SSSR count). The molecule has 1 atom stereocenters. The van der Waals surface area contributed by atoms with Crippen LogP contribution in [0.1, 0.15) is 30.1 Å². The van der Waals surface area contributed by atoms with Crippen molar-refractivity contribution in [1.82, 2.24) is 9.88 Å². The highest BCUT2D eigenvalue weighted by Gasteiger charge is 2.32. The van der Waals surface area contributed by atoms with Gasteiger partial charge >= 0.3 is 0 Å². The Kier molecular flexibility index (Phi) is 4.21. The molecule has 6 heteroatoms. The van der Waals surface area contributed by atoms with Crippen LogP contribution in [0.5, 0.6) is 11.5 Å². The summed E-state index contributed by atoms with van der Waals surface area (Å²) in [5.74, 6) is 1.58. The Bertz CT molecular complexity index is 758. The number of ether oxygens (including phenoxy) is 2. The third-order valence-electron chi connectivity index (χ3n) is 4.34. The van der Waals surface area contributed by atoms with Crippen LogP contribution in [0.25, 0.3) is 6.08 Å². The topological polar surface area (TPSA) is 51.7 Å². The molecular weight excluding hydrogens is 324 g/mol. The first kappa shape index (κ1) is 15.2. The highest BCUT2D eigenvalue weighted by molar-refractivity contribution is 7.07. The van der Waals surface area contributed by atoms with Crippen LogP contribution < -0.4 is 9.47 Å². The number of rotatable bonds is 3. The Morgan fingerprint density at radius 3 is 3.12 bits per heavy atom. The Labute approximate surface area is 144 Å². The summed E-state index contributed by atoms with van der Waals surface area (Å²) in [4.78, 5) is 18.7. The Morgan fingerprint density at radius 2 is 2.25 bits per heavy atom.